The summed E-state index contributed by atoms with van der Waals surface area (Å²) in [5.41, 5.74) is 0. The molecule has 1 aliphatic carbocycles. The van der Waals surface area contributed by atoms with Crippen LogP contribution in [0.1, 0.15) is 58.8 Å². The van der Waals surface area contributed by atoms with Gasteiger partial charge in [-0.05, 0) is 45.1 Å². The van der Waals surface area contributed by atoms with Gasteiger partial charge in [0.15, 0.2) is 0 Å². The Hall–Kier alpha value is -0.120. The van der Waals surface area contributed by atoms with E-state index >= 15 is 0 Å². The Morgan fingerprint density at radius 1 is 1.05 bits per heavy atom. The fourth-order valence-electron chi connectivity index (χ4n) is 3.05. The molecule has 0 unspecified atom stereocenters. The van der Waals surface area contributed by atoms with Gasteiger partial charge in [-0.15, -0.1) is 0 Å². The van der Waals surface area contributed by atoms with Gasteiger partial charge >= 0.3 is 0 Å². The molecule has 0 heterocycles. The minimum absolute atomic E-state index is 0.820. The zero-order chi connectivity index (χ0) is 14.6. The molecular weight excluding hydrogens is 248 g/mol. The van der Waals surface area contributed by atoms with Crippen LogP contribution in [0, 0.1) is 5.92 Å². The molecule has 1 rings (SSSR count). The van der Waals surface area contributed by atoms with Crippen LogP contribution in [0.25, 0.3) is 0 Å². The largest absolute Gasteiger partial charge is 0.380 e. The lowest BCUT2D eigenvalue weighted by Gasteiger charge is -2.34. The summed E-state index contributed by atoms with van der Waals surface area (Å²) in [5, 5.41) is 3.49. The van der Waals surface area contributed by atoms with Crippen molar-refractivity contribution >= 4 is 0 Å². The van der Waals surface area contributed by atoms with E-state index in [2.05, 4.69) is 31.1 Å². The summed E-state index contributed by atoms with van der Waals surface area (Å²) in [6, 6.07) is 0.820. The standard InChI is InChI=1S/C17H36N2O/c1-4-6-14-20-15-12-18-11-13-19(3)17-9-7-16(5-2)8-10-17/h16-18H,4-15H2,1-3H3. The smallest absolute Gasteiger partial charge is 0.0590 e. The van der Waals surface area contributed by atoms with Crippen LogP contribution in [0.3, 0.4) is 0 Å². The number of rotatable bonds is 11. The summed E-state index contributed by atoms with van der Waals surface area (Å²) < 4.78 is 5.55. The quantitative estimate of drug-likeness (QED) is 0.589. The van der Waals surface area contributed by atoms with Gasteiger partial charge in [-0.3, -0.25) is 0 Å². The van der Waals surface area contributed by atoms with Crippen molar-refractivity contribution in [2.24, 2.45) is 5.92 Å². The molecule has 120 valence electrons. The fourth-order valence-corrected chi connectivity index (χ4v) is 3.05. The summed E-state index contributed by atoms with van der Waals surface area (Å²) in [5.74, 6) is 0.998. The molecule has 0 spiro atoms. The Bertz CT molecular complexity index is 215. The van der Waals surface area contributed by atoms with Gasteiger partial charge in [-0.2, -0.15) is 0 Å². The Kier molecular flexibility index (Phi) is 10.3. The van der Waals surface area contributed by atoms with E-state index in [1.165, 1.54) is 44.9 Å². The lowest BCUT2D eigenvalue weighted by atomic mass is 9.84. The molecule has 0 aromatic heterocycles. The highest BCUT2D eigenvalue weighted by molar-refractivity contribution is 4.77. The average Bonchev–Trinajstić information content (AvgIpc) is 2.50. The highest BCUT2D eigenvalue weighted by Crippen LogP contribution is 2.28. The first-order chi connectivity index (χ1) is 9.77. The Morgan fingerprint density at radius 3 is 2.45 bits per heavy atom. The second kappa shape index (κ2) is 11.5. The highest BCUT2D eigenvalue weighted by Gasteiger charge is 2.22. The molecule has 0 radical (unpaired) electrons. The SMILES string of the molecule is CCCCOCCNCCN(C)C1CCC(CC)CC1. The summed E-state index contributed by atoms with van der Waals surface area (Å²) in [4.78, 5) is 2.55. The average molecular weight is 284 g/mol. The van der Waals surface area contributed by atoms with Crippen LogP contribution in [-0.4, -0.2) is 50.8 Å². The van der Waals surface area contributed by atoms with Crippen molar-refractivity contribution in [2.75, 3.05) is 39.9 Å². The zero-order valence-corrected chi connectivity index (χ0v) is 14.0. The lowest BCUT2D eigenvalue weighted by Crippen LogP contribution is -2.39. The summed E-state index contributed by atoms with van der Waals surface area (Å²) in [7, 11) is 2.29. The fraction of sp³-hybridized carbons (Fsp3) is 1.00. The molecule has 1 aliphatic rings. The van der Waals surface area contributed by atoms with Gasteiger partial charge < -0.3 is 15.0 Å². The molecular formula is C17H36N2O. The molecule has 1 saturated carbocycles. The minimum atomic E-state index is 0.820. The van der Waals surface area contributed by atoms with E-state index in [0.717, 1.165) is 44.8 Å². The molecule has 0 saturated heterocycles. The van der Waals surface area contributed by atoms with Gasteiger partial charge in [-0.1, -0.05) is 26.7 Å². The predicted octanol–water partition coefficient (Wildman–Crippen LogP) is 3.29. The van der Waals surface area contributed by atoms with E-state index in [1.54, 1.807) is 0 Å². The first kappa shape index (κ1) is 17.9. The maximum Gasteiger partial charge on any atom is 0.0590 e. The van der Waals surface area contributed by atoms with E-state index in [-0.39, 0.29) is 0 Å². The van der Waals surface area contributed by atoms with Crippen molar-refractivity contribution in [3.8, 4) is 0 Å². The molecule has 0 aliphatic heterocycles. The van der Waals surface area contributed by atoms with Crippen LogP contribution >= 0.6 is 0 Å². The normalized spacial score (nSPS) is 23.4. The van der Waals surface area contributed by atoms with E-state index < -0.39 is 0 Å². The molecule has 3 nitrogen and oxygen atoms in total. The number of nitrogens with one attached hydrogen (secondary N) is 1. The molecule has 0 amide bonds. The molecule has 0 aromatic carbocycles. The van der Waals surface area contributed by atoms with Crippen molar-refractivity contribution in [1.29, 1.82) is 0 Å². The van der Waals surface area contributed by atoms with Gasteiger partial charge in [0.2, 0.25) is 0 Å². The lowest BCUT2D eigenvalue weighted by molar-refractivity contribution is 0.130. The first-order valence-corrected chi connectivity index (χ1v) is 8.76. The van der Waals surface area contributed by atoms with Crippen LogP contribution in [0.5, 0.6) is 0 Å². The predicted molar refractivity (Wildman–Crippen MR) is 87.3 cm³/mol. The number of nitrogens with zero attached hydrogens (tertiary/aromatic N) is 1. The van der Waals surface area contributed by atoms with E-state index in [9.17, 15) is 0 Å². The number of unbranched alkanes of at least 4 members (excludes halogenated alkanes) is 1. The van der Waals surface area contributed by atoms with Crippen LogP contribution in [-0.2, 0) is 4.74 Å². The minimum Gasteiger partial charge on any atom is -0.380 e. The van der Waals surface area contributed by atoms with Crippen molar-refractivity contribution < 1.29 is 4.74 Å². The molecule has 0 atom stereocenters. The molecule has 20 heavy (non-hydrogen) atoms. The number of ether oxygens (including phenoxy) is 1. The van der Waals surface area contributed by atoms with Gasteiger partial charge in [0.05, 0.1) is 6.61 Å². The summed E-state index contributed by atoms with van der Waals surface area (Å²) >= 11 is 0. The second-order valence-electron chi connectivity index (χ2n) is 6.28. The molecule has 3 heteroatoms. The third kappa shape index (κ3) is 7.61. The second-order valence-corrected chi connectivity index (χ2v) is 6.28. The van der Waals surface area contributed by atoms with Crippen LogP contribution in [0.4, 0.5) is 0 Å². The van der Waals surface area contributed by atoms with Gasteiger partial charge in [0, 0.05) is 32.3 Å². The Morgan fingerprint density at radius 2 is 1.80 bits per heavy atom. The van der Waals surface area contributed by atoms with E-state index in [1.807, 2.05) is 0 Å². The number of hydrogen-bond acceptors (Lipinski definition) is 3. The van der Waals surface area contributed by atoms with Crippen molar-refractivity contribution in [2.45, 2.75) is 64.8 Å². The molecule has 0 aromatic rings. The number of likely N-dealkylation sites (N-methyl/N-ethyl adjacent to an activating group) is 1. The van der Waals surface area contributed by atoms with Crippen molar-refractivity contribution in [3.05, 3.63) is 0 Å². The third-order valence-electron chi connectivity index (χ3n) is 4.72. The third-order valence-corrected chi connectivity index (χ3v) is 4.72. The zero-order valence-electron chi connectivity index (χ0n) is 14.0. The molecule has 0 bridgehead atoms. The van der Waals surface area contributed by atoms with Crippen molar-refractivity contribution in [3.63, 3.8) is 0 Å². The summed E-state index contributed by atoms with van der Waals surface area (Å²) in [6.45, 7) is 9.54. The first-order valence-electron chi connectivity index (χ1n) is 8.76. The van der Waals surface area contributed by atoms with Gasteiger partial charge in [0.1, 0.15) is 0 Å². The highest BCUT2D eigenvalue weighted by atomic mass is 16.5. The van der Waals surface area contributed by atoms with Crippen LogP contribution in [0.15, 0.2) is 0 Å². The van der Waals surface area contributed by atoms with Crippen molar-refractivity contribution in [1.82, 2.24) is 10.2 Å². The van der Waals surface area contributed by atoms with Crippen LogP contribution in [0.2, 0.25) is 0 Å². The van der Waals surface area contributed by atoms with E-state index in [4.69, 9.17) is 4.74 Å². The number of hydrogen-bond donors (Lipinski definition) is 1. The van der Waals surface area contributed by atoms with Gasteiger partial charge in [-0.25, -0.2) is 0 Å². The molecule has 1 N–H and O–H groups in total. The van der Waals surface area contributed by atoms with Gasteiger partial charge in [0.25, 0.3) is 0 Å². The Balaban J connectivity index is 1.94. The maximum atomic E-state index is 5.55. The molecule has 1 fully saturated rings. The maximum absolute atomic E-state index is 5.55. The topological polar surface area (TPSA) is 24.5 Å². The monoisotopic (exact) mass is 284 g/mol. The van der Waals surface area contributed by atoms with E-state index in [0.29, 0.717) is 0 Å². The van der Waals surface area contributed by atoms with Crippen LogP contribution < -0.4 is 5.32 Å². The summed E-state index contributed by atoms with van der Waals surface area (Å²) in [6.07, 6.45) is 9.44. The Labute approximate surface area is 126 Å².